The fourth-order valence-electron chi connectivity index (χ4n) is 3.56. The fraction of sp³-hybridized carbons (Fsp3) is 0.391. The molecule has 4 nitrogen and oxygen atoms in total. The van der Waals surface area contributed by atoms with Gasteiger partial charge < -0.3 is 10.2 Å². The molecule has 1 aliphatic rings. The largest absolute Gasteiger partial charge is 0.375 e. The number of fused-ring (bicyclic) bond motifs is 1. The van der Waals surface area contributed by atoms with Crippen molar-refractivity contribution in [2.75, 3.05) is 25.0 Å². The van der Waals surface area contributed by atoms with Crippen LogP contribution in [0.1, 0.15) is 47.2 Å². The molecule has 2 aromatic rings. The van der Waals surface area contributed by atoms with Crippen LogP contribution >= 0.6 is 0 Å². The molecule has 1 amide bonds. The van der Waals surface area contributed by atoms with Crippen LogP contribution in [0.2, 0.25) is 0 Å². The lowest BCUT2D eigenvalue weighted by atomic mass is 10.0. The summed E-state index contributed by atoms with van der Waals surface area (Å²) in [5, 5.41) is 2.92. The van der Waals surface area contributed by atoms with Crippen LogP contribution in [0.3, 0.4) is 0 Å². The lowest BCUT2D eigenvalue weighted by Gasteiger charge is -2.19. The molecule has 27 heavy (non-hydrogen) atoms. The van der Waals surface area contributed by atoms with Gasteiger partial charge in [0, 0.05) is 44.2 Å². The van der Waals surface area contributed by atoms with E-state index in [1.165, 1.54) is 23.2 Å². The molecule has 0 fully saturated rings. The second-order valence-electron chi connectivity index (χ2n) is 7.22. The number of nitrogens with one attached hydrogen (secondary N) is 1. The van der Waals surface area contributed by atoms with Crippen LogP contribution in [0.5, 0.6) is 0 Å². The van der Waals surface area contributed by atoms with Gasteiger partial charge in [0.25, 0.3) is 0 Å². The van der Waals surface area contributed by atoms with E-state index in [0.29, 0.717) is 6.54 Å². The fourth-order valence-corrected chi connectivity index (χ4v) is 3.56. The number of Topliss-reactive ketones (excluding diaryl/α,β-unsaturated/α-hetero) is 1. The monoisotopic (exact) mass is 364 g/mol. The maximum Gasteiger partial charge on any atom is 0.220 e. The summed E-state index contributed by atoms with van der Waals surface area (Å²) in [6.45, 7) is 1.50. The highest BCUT2D eigenvalue weighted by Gasteiger charge is 2.14. The van der Waals surface area contributed by atoms with E-state index in [1.807, 2.05) is 37.4 Å². The van der Waals surface area contributed by atoms with Crippen molar-refractivity contribution in [2.45, 2.75) is 38.5 Å². The molecule has 0 saturated carbocycles. The average Bonchev–Trinajstić information content (AvgIpc) is 3.17. The number of hydrogen-bond donors (Lipinski definition) is 1. The Labute approximate surface area is 161 Å². The van der Waals surface area contributed by atoms with E-state index in [-0.39, 0.29) is 24.5 Å². The number of anilines is 1. The van der Waals surface area contributed by atoms with Crippen molar-refractivity contribution in [1.82, 2.24) is 5.32 Å². The van der Waals surface area contributed by atoms with Gasteiger partial charge >= 0.3 is 0 Å². The normalized spacial score (nSPS) is 12.5. The molecule has 142 valence electrons. The van der Waals surface area contributed by atoms with Crippen molar-refractivity contribution in [3.63, 3.8) is 0 Å². The Bertz CT molecular complexity index is 786. The van der Waals surface area contributed by atoms with Crippen LogP contribution in [0.25, 0.3) is 0 Å². The maximum absolute atomic E-state index is 12.3. The number of amides is 1. The van der Waals surface area contributed by atoms with Crippen molar-refractivity contribution >= 4 is 17.4 Å². The molecule has 0 bridgehead atoms. The third-order valence-corrected chi connectivity index (χ3v) is 5.19. The minimum absolute atomic E-state index is 0.0492. The molecule has 0 aliphatic heterocycles. The number of ketones is 1. The summed E-state index contributed by atoms with van der Waals surface area (Å²) in [4.78, 5) is 26.5. The standard InChI is InChI=1S/C23H28N2O2/c1-25(21-9-3-2-4-10-21)16-6-15-24-23(27)14-13-22(26)20-12-11-18-7-5-8-19(18)17-20/h2-4,9-12,17H,5-8,13-16H2,1H3,(H,24,27). The van der Waals surface area contributed by atoms with Gasteiger partial charge in [0.1, 0.15) is 0 Å². The molecule has 0 heterocycles. The number of aryl methyl sites for hydroxylation is 2. The summed E-state index contributed by atoms with van der Waals surface area (Å²) in [6.07, 6.45) is 4.75. The average molecular weight is 364 g/mol. The van der Waals surface area contributed by atoms with Crippen LogP contribution in [-0.2, 0) is 17.6 Å². The van der Waals surface area contributed by atoms with E-state index in [0.717, 1.165) is 31.4 Å². The number of rotatable bonds is 9. The van der Waals surface area contributed by atoms with Crippen molar-refractivity contribution in [3.05, 3.63) is 65.2 Å². The van der Waals surface area contributed by atoms with Crippen LogP contribution in [-0.4, -0.2) is 31.8 Å². The molecule has 0 radical (unpaired) electrons. The predicted molar refractivity (Wildman–Crippen MR) is 109 cm³/mol. The van der Waals surface area contributed by atoms with Crippen molar-refractivity contribution < 1.29 is 9.59 Å². The first-order valence-electron chi connectivity index (χ1n) is 9.81. The Morgan fingerprint density at radius 1 is 1.00 bits per heavy atom. The van der Waals surface area contributed by atoms with Crippen molar-refractivity contribution in [2.24, 2.45) is 0 Å². The summed E-state index contributed by atoms with van der Waals surface area (Å²) >= 11 is 0. The van der Waals surface area contributed by atoms with Crippen molar-refractivity contribution in [3.8, 4) is 0 Å². The Balaban J connectivity index is 1.34. The van der Waals surface area contributed by atoms with Gasteiger partial charge in [-0.25, -0.2) is 0 Å². The molecule has 0 saturated heterocycles. The zero-order chi connectivity index (χ0) is 19.1. The summed E-state index contributed by atoms with van der Waals surface area (Å²) < 4.78 is 0. The molecule has 4 heteroatoms. The van der Waals surface area contributed by atoms with Crippen LogP contribution < -0.4 is 10.2 Å². The lowest BCUT2D eigenvalue weighted by Crippen LogP contribution is -2.28. The highest BCUT2D eigenvalue weighted by atomic mass is 16.2. The topological polar surface area (TPSA) is 49.4 Å². The molecule has 0 atom stereocenters. The summed E-state index contributed by atoms with van der Waals surface area (Å²) in [5.74, 6) is 0.00975. The van der Waals surface area contributed by atoms with Crippen LogP contribution in [0.15, 0.2) is 48.5 Å². The van der Waals surface area contributed by atoms with E-state index in [4.69, 9.17) is 0 Å². The second kappa shape index (κ2) is 9.36. The van der Waals surface area contributed by atoms with Gasteiger partial charge in [0.15, 0.2) is 5.78 Å². The zero-order valence-electron chi connectivity index (χ0n) is 16.0. The molecule has 1 aliphatic carbocycles. The highest BCUT2D eigenvalue weighted by Crippen LogP contribution is 2.23. The number of carbonyl (C=O) groups is 2. The molecule has 0 aromatic heterocycles. The number of benzene rings is 2. The molecule has 3 rings (SSSR count). The second-order valence-corrected chi connectivity index (χ2v) is 7.22. The first-order valence-corrected chi connectivity index (χ1v) is 9.81. The molecule has 2 aromatic carbocycles. The van der Waals surface area contributed by atoms with Crippen LogP contribution in [0.4, 0.5) is 5.69 Å². The number of para-hydroxylation sites is 1. The number of hydrogen-bond acceptors (Lipinski definition) is 3. The van der Waals surface area contributed by atoms with Crippen molar-refractivity contribution in [1.29, 1.82) is 0 Å². The first kappa shape index (κ1) is 19.2. The molecule has 1 N–H and O–H groups in total. The number of nitrogens with zero attached hydrogens (tertiary/aromatic N) is 1. The van der Waals surface area contributed by atoms with E-state index in [1.54, 1.807) is 0 Å². The third-order valence-electron chi connectivity index (χ3n) is 5.19. The Morgan fingerprint density at radius 3 is 2.59 bits per heavy atom. The summed E-state index contributed by atoms with van der Waals surface area (Å²) in [5.41, 5.74) is 4.58. The van der Waals surface area contributed by atoms with Gasteiger partial charge in [-0.3, -0.25) is 9.59 Å². The highest BCUT2D eigenvalue weighted by molar-refractivity contribution is 5.98. The van der Waals surface area contributed by atoms with E-state index >= 15 is 0 Å². The van der Waals surface area contributed by atoms with Gasteiger partial charge in [-0.15, -0.1) is 0 Å². The first-order chi connectivity index (χ1) is 13.1. The van der Waals surface area contributed by atoms with Gasteiger partial charge in [0.2, 0.25) is 5.91 Å². The Kier molecular flexibility index (Phi) is 6.64. The predicted octanol–water partition coefficient (Wildman–Crippen LogP) is 3.78. The number of carbonyl (C=O) groups excluding carboxylic acids is 2. The van der Waals surface area contributed by atoms with E-state index in [9.17, 15) is 9.59 Å². The molecular weight excluding hydrogens is 336 g/mol. The summed E-state index contributed by atoms with van der Waals surface area (Å²) in [6, 6.07) is 16.2. The zero-order valence-corrected chi connectivity index (χ0v) is 16.0. The molecular formula is C23H28N2O2. The third kappa shape index (κ3) is 5.43. The maximum atomic E-state index is 12.3. The Morgan fingerprint density at radius 2 is 1.78 bits per heavy atom. The van der Waals surface area contributed by atoms with Gasteiger partial charge in [-0.2, -0.15) is 0 Å². The summed E-state index contributed by atoms with van der Waals surface area (Å²) in [7, 11) is 2.05. The quantitative estimate of drug-likeness (QED) is 0.544. The van der Waals surface area contributed by atoms with Gasteiger partial charge in [0.05, 0.1) is 0 Å². The lowest BCUT2D eigenvalue weighted by molar-refractivity contribution is -0.121. The van der Waals surface area contributed by atoms with Gasteiger partial charge in [-0.05, 0) is 55.0 Å². The van der Waals surface area contributed by atoms with Crippen LogP contribution in [0, 0.1) is 0 Å². The van der Waals surface area contributed by atoms with E-state index < -0.39 is 0 Å². The molecule has 0 spiro atoms. The smallest absolute Gasteiger partial charge is 0.220 e. The molecule has 0 unspecified atom stereocenters. The van der Waals surface area contributed by atoms with Gasteiger partial charge in [-0.1, -0.05) is 30.3 Å². The minimum atomic E-state index is -0.0492. The SMILES string of the molecule is CN(CCCNC(=O)CCC(=O)c1ccc2c(c1)CCC2)c1ccccc1. The Hall–Kier alpha value is -2.62. The minimum Gasteiger partial charge on any atom is -0.375 e. The van der Waals surface area contributed by atoms with E-state index in [2.05, 4.69) is 28.4 Å².